The van der Waals surface area contributed by atoms with Crippen LogP contribution in [0.2, 0.25) is 0 Å². The molecule has 0 aliphatic carbocycles. The lowest BCUT2D eigenvalue weighted by molar-refractivity contribution is 0.174. The molecule has 0 amide bonds. The predicted octanol–water partition coefficient (Wildman–Crippen LogP) is 3.28. The molecule has 4 rings (SSSR count). The Kier molecular flexibility index (Phi) is 3.27. The topological polar surface area (TPSA) is 56.5 Å². The van der Waals surface area contributed by atoms with Crippen LogP contribution in [0.3, 0.4) is 0 Å². The van der Waals surface area contributed by atoms with Gasteiger partial charge in [-0.3, -0.25) is 0 Å². The predicted molar refractivity (Wildman–Crippen MR) is 77.3 cm³/mol. The summed E-state index contributed by atoms with van der Waals surface area (Å²) >= 11 is 0. The van der Waals surface area contributed by atoms with Gasteiger partial charge < -0.3 is 19.3 Å². The SMILES string of the molecule is c1cc2c(cc1-c1cc([C@H]3CCCCCN3)no1)OCO2. The van der Waals surface area contributed by atoms with Crippen molar-refractivity contribution in [3.8, 4) is 22.8 Å². The maximum absolute atomic E-state index is 5.52. The van der Waals surface area contributed by atoms with Crippen molar-refractivity contribution in [2.24, 2.45) is 0 Å². The Bertz CT molecular complexity index is 630. The standard InChI is InChI=1S/C16H18N2O3/c1-2-4-12(17-7-3-1)13-9-15(21-18-13)11-5-6-14-16(8-11)20-10-19-14/h5-6,8-9,12,17H,1-4,7,10H2/t12-/m1/s1. The average Bonchev–Trinajstić information content (AvgIpc) is 3.10. The summed E-state index contributed by atoms with van der Waals surface area (Å²) in [5.41, 5.74) is 1.95. The maximum Gasteiger partial charge on any atom is 0.231 e. The first-order valence-corrected chi connectivity index (χ1v) is 7.50. The fraction of sp³-hybridized carbons (Fsp3) is 0.438. The second-order valence-corrected chi connectivity index (χ2v) is 5.54. The van der Waals surface area contributed by atoms with E-state index in [0.717, 1.165) is 41.5 Å². The second-order valence-electron chi connectivity index (χ2n) is 5.54. The van der Waals surface area contributed by atoms with Crippen molar-refractivity contribution >= 4 is 0 Å². The van der Waals surface area contributed by atoms with Crippen LogP contribution >= 0.6 is 0 Å². The zero-order valence-electron chi connectivity index (χ0n) is 11.8. The van der Waals surface area contributed by atoms with E-state index in [4.69, 9.17) is 14.0 Å². The van der Waals surface area contributed by atoms with Crippen molar-refractivity contribution in [2.45, 2.75) is 31.7 Å². The minimum Gasteiger partial charge on any atom is -0.454 e. The molecule has 0 spiro atoms. The number of nitrogens with zero attached hydrogens (tertiary/aromatic N) is 1. The fourth-order valence-electron chi connectivity index (χ4n) is 2.92. The van der Waals surface area contributed by atoms with Gasteiger partial charge in [-0.15, -0.1) is 0 Å². The number of ether oxygens (including phenoxy) is 2. The Labute approximate surface area is 123 Å². The highest BCUT2D eigenvalue weighted by atomic mass is 16.7. The smallest absolute Gasteiger partial charge is 0.231 e. The molecule has 1 N–H and O–H groups in total. The molecule has 1 aromatic heterocycles. The molecular formula is C16H18N2O3. The summed E-state index contributed by atoms with van der Waals surface area (Å²) in [4.78, 5) is 0. The molecule has 0 saturated carbocycles. The third-order valence-corrected chi connectivity index (χ3v) is 4.10. The molecule has 0 bridgehead atoms. The third-order valence-electron chi connectivity index (χ3n) is 4.10. The van der Waals surface area contributed by atoms with E-state index in [1.807, 2.05) is 24.3 Å². The molecule has 1 saturated heterocycles. The summed E-state index contributed by atoms with van der Waals surface area (Å²) in [6.07, 6.45) is 4.89. The Balaban J connectivity index is 1.59. The summed E-state index contributed by atoms with van der Waals surface area (Å²) in [7, 11) is 0. The number of benzene rings is 1. The molecule has 1 atom stereocenters. The Morgan fingerprint density at radius 2 is 2.00 bits per heavy atom. The minimum atomic E-state index is 0.284. The Hall–Kier alpha value is -2.01. The van der Waals surface area contributed by atoms with Crippen LogP contribution in [0.1, 0.15) is 37.4 Å². The monoisotopic (exact) mass is 286 g/mol. The van der Waals surface area contributed by atoms with Gasteiger partial charge in [-0.1, -0.05) is 18.0 Å². The first kappa shape index (κ1) is 12.7. The summed E-state index contributed by atoms with van der Waals surface area (Å²) in [6, 6.07) is 8.15. The van der Waals surface area contributed by atoms with Gasteiger partial charge in [-0.25, -0.2) is 0 Å². The van der Waals surface area contributed by atoms with Crippen molar-refractivity contribution < 1.29 is 14.0 Å². The van der Waals surface area contributed by atoms with Gasteiger partial charge in [0.25, 0.3) is 0 Å². The van der Waals surface area contributed by atoms with Crippen LogP contribution in [-0.2, 0) is 0 Å². The fourth-order valence-corrected chi connectivity index (χ4v) is 2.92. The van der Waals surface area contributed by atoms with Gasteiger partial charge in [0.1, 0.15) is 5.69 Å². The molecule has 110 valence electrons. The average molecular weight is 286 g/mol. The Morgan fingerprint density at radius 3 is 3.00 bits per heavy atom. The number of hydrogen-bond donors (Lipinski definition) is 1. The zero-order chi connectivity index (χ0) is 14.1. The number of fused-ring (bicyclic) bond motifs is 1. The molecule has 2 aliphatic heterocycles. The molecule has 1 aromatic carbocycles. The number of rotatable bonds is 2. The highest BCUT2D eigenvalue weighted by Gasteiger charge is 2.20. The van der Waals surface area contributed by atoms with Gasteiger partial charge in [0, 0.05) is 11.6 Å². The van der Waals surface area contributed by atoms with Crippen molar-refractivity contribution in [1.82, 2.24) is 10.5 Å². The van der Waals surface area contributed by atoms with E-state index in [-0.39, 0.29) is 6.79 Å². The van der Waals surface area contributed by atoms with Crippen molar-refractivity contribution in [3.05, 3.63) is 30.0 Å². The van der Waals surface area contributed by atoms with Crippen LogP contribution in [0.5, 0.6) is 11.5 Å². The van der Waals surface area contributed by atoms with E-state index in [1.54, 1.807) is 0 Å². The molecule has 3 heterocycles. The maximum atomic E-state index is 5.52. The van der Waals surface area contributed by atoms with Crippen LogP contribution < -0.4 is 14.8 Å². The first-order valence-electron chi connectivity index (χ1n) is 7.50. The van der Waals surface area contributed by atoms with Gasteiger partial charge in [-0.2, -0.15) is 0 Å². The lowest BCUT2D eigenvalue weighted by atomic mass is 10.1. The molecule has 0 unspecified atom stereocenters. The number of aromatic nitrogens is 1. The van der Waals surface area contributed by atoms with Crippen LogP contribution in [0.4, 0.5) is 0 Å². The largest absolute Gasteiger partial charge is 0.454 e. The lowest BCUT2D eigenvalue weighted by Gasteiger charge is -2.11. The van der Waals surface area contributed by atoms with E-state index < -0.39 is 0 Å². The molecule has 1 fully saturated rings. The van der Waals surface area contributed by atoms with Gasteiger partial charge in [0.05, 0.1) is 6.04 Å². The van der Waals surface area contributed by atoms with E-state index in [1.165, 1.54) is 19.3 Å². The quantitative estimate of drug-likeness (QED) is 0.918. The summed E-state index contributed by atoms with van der Waals surface area (Å²) < 4.78 is 16.2. The van der Waals surface area contributed by atoms with Crippen LogP contribution in [0, 0.1) is 0 Å². The minimum absolute atomic E-state index is 0.284. The Morgan fingerprint density at radius 1 is 1.05 bits per heavy atom. The molecule has 2 aliphatic rings. The lowest BCUT2D eigenvalue weighted by Crippen LogP contribution is -2.20. The van der Waals surface area contributed by atoms with Crippen molar-refractivity contribution in [3.63, 3.8) is 0 Å². The van der Waals surface area contributed by atoms with Gasteiger partial charge >= 0.3 is 0 Å². The van der Waals surface area contributed by atoms with E-state index in [9.17, 15) is 0 Å². The van der Waals surface area contributed by atoms with Crippen molar-refractivity contribution in [1.29, 1.82) is 0 Å². The van der Waals surface area contributed by atoms with E-state index in [0.29, 0.717) is 6.04 Å². The first-order chi connectivity index (χ1) is 10.4. The van der Waals surface area contributed by atoms with Gasteiger partial charge in [-0.05, 0) is 37.6 Å². The zero-order valence-corrected chi connectivity index (χ0v) is 11.8. The summed E-state index contributed by atoms with van der Waals surface area (Å²) in [5, 5.41) is 7.78. The summed E-state index contributed by atoms with van der Waals surface area (Å²) in [5.74, 6) is 2.32. The molecule has 5 heteroatoms. The highest BCUT2D eigenvalue weighted by molar-refractivity contribution is 5.63. The molecule has 5 nitrogen and oxygen atoms in total. The molecule has 0 radical (unpaired) electrons. The molecule has 21 heavy (non-hydrogen) atoms. The normalized spacial score (nSPS) is 21.2. The second kappa shape index (κ2) is 5.41. The van der Waals surface area contributed by atoms with Crippen LogP contribution in [0.25, 0.3) is 11.3 Å². The van der Waals surface area contributed by atoms with E-state index in [2.05, 4.69) is 10.5 Å². The number of nitrogens with one attached hydrogen (secondary N) is 1. The van der Waals surface area contributed by atoms with Crippen LogP contribution in [-0.4, -0.2) is 18.5 Å². The highest BCUT2D eigenvalue weighted by Crippen LogP contribution is 2.36. The third kappa shape index (κ3) is 2.49. The summed E-state index contributed by atoms with van der Waals surface area (Å²) in [6.45, 7) is 1.34. The van der Waals surface area contributed by atoms with Crippen molar-refractivity contribution in [2.75, 3.05) is 13.3 Å². The molecular weight excluding hydrogens is 268 g/mol. The number of hydrogen-bond acceptors (Lipinski definition) is 5. The molecule has 2 aromatic rings. The van der Waals surface area contributed by atoms with Gasteiger partial charge in [0.15, 0.2) is 17.3 Å². The van der Waals surface area contributed by atoms with Crippen LogP contribution in [0.15, 0.2) is 28.8 Å². The van der Waals surface area contributed by atoms with Gasteiger partial charge in [0.2, 0.25) is 6.79 Å². The van der Waals surface area contributed by atoms with E-state index >= 15 is 0 Å².